The first-order valence-electron chi connectivity index (χ1n) is 6.91. The summed E-state index contributed by atoms with van der Waals surface area (Å²) in [6.07, 6.45) is 0. The van der Waals surface area contributed by atoms with E-state index in [1.807, 2.05) is 62.4 Å². The Balaban J connectivity index is 1.94. The molecule has 0 aromatic heterocycles. The maximum Gasteiger partial charge on any atom is 0.191 e. The van der Waals surface area contributed by atoms with Crippen LogP contribution in [0.4, 0.5) is 5.69 Å². The van der Waals surface area contributed by atoms with Crippen molar-refractivity contribution in [1.82, 2.24) is 5.43 Å². The molecular formula is C17H19N3OS. The zero-order chi connectivity index (χ0) is 15.9. The van der Waals surface area contributed by atoms with E-state index in [2.05, 4.69) is 15.8 Å². The van der Waals surface area contributed by atoms with Crippen molar-refractivity contribution in [2.24, 2.45) is 5.10 Å². The van der Waals surface area contributed by atoms with Crippen LogP contribution in [0, 0.1) is 6.92 Å². The maximum absolute atomic E-state index is 5.23. The van der Waals surface area contributed by atoms with E-state index >= 15 is 0 Å². The van der Waals surface area contributed by atoms with Gasteiger partial charge < -0.3 is 10.1 Å². The molecule has 0 spiro atoms. The highest BCUT2D eigenvalue weighted by Crippen LogP contribution is 2.12. The number of hydrazone groups is 1. The molecule has 0 aliphatic heterocycles. The van der Waals surface area contributed by atoms with E-state index in [1.165, 1.54) is 5.56 Å². The Labute approximate surface area is 136 Å². The van der Waals surface area contributed by atoms with Gasteiger partial charge in [0.15, 0.2) is 5.11 Å². The van der Waals surface area contributed by atoms with E-state index in [1.54, 1.807) is 7.11 Å². The van der Waals surface area contributed by atoms with Gasteiger partial charge in [0.2, 0.25) is 0 Å². The molecule has 0 aliphatic carbocycles. The standard InChI is InChI=1S/C17H19N3OS/c1-12-4-8-15(9-5-12)18-17(22)20-19-13(2)14-6-10-16(21-3)11-7-14/h4-11H,1-3H3,(H2,18,20,22). The van der Waals surface area contributed by atoms with Crippen molar-refractivity contribution in [3.05, 3.63) is 59.7 Å². The lowest BCUT2D eigenvalue weighted by molar-refractivity contribution is 0.415. The number of aryl methyl sites for hydroxylation is 1. The predicted octanol–water partition coefficient (Wildman–Crippen LogP) is 3.71. The van der Waals surface area contributed by atoms with E-state index in [0.717, 1.165) is 22.7 Å². The smallest absolute Gasteiger partial charge is 0.191 e. The number of nitrogens with one attached hydrogen (secondary N) is 2. The van der Waals surface area contributed by atoms with Gasteiger partial charge in [-0.1, -0.05) is 17.7 Å². The fourth-order valence-electron chi connectivity index (χ4n) is 1.83. The molecular weight excluding hydrogens is 294 g/mol. The first kappa shape index (κ1) is 16.0. The number of anilines is 1. The highest BCUT2D eigenvalue weighted by Gasteiger charge is 2.00. The van der Waals surface area contributed by atoms with Crippen molar-refractivity contribution in [3.8, 4) is 5.75 Å². The second-order valence-corrected chi connectivity index (χ2v) is 5.27. The molecule has 2 rings (SSSR count). The molecule has 0 radical (unpaired) electrons. The van der Waals surface area contributed by atoms with Gasteiger partial charge in [-0.25, -0.2) is 0 Å². The minimum absolute atomic E-state index is 0.455. The summed E-state index contributed by atoms with van der Waals surface area (Å²) in [5.41, 5.74) is 6.84. The van der Waals surface area contributed by atoms with E-state index in [-0.39, 0.29) is 0 Å². The molecule has 0 amide bonds. The molecule has 2 N–H and O–H groups in total. The molecule has 0 saturated carbocycles. The Morgan fingerprint density at radius 2 is 1.68 bits per heavy atom. The van der Waals surface area contributed by atoms with Crippen LogP contribution in [0.5, 0.6) is 5.75 Å². The molecule has 2 aromatic carbocycles. The molecule has 2 aromatic rings. The lowest BCUT2D eigenvalue weighted by atomic mass is 10.1. The zero-order valence-electron chi connectivity index (χ0n) is 12.9. The fraction of sp³-hybridized carbons (Fsp3) is 0.176. The molecule has 0 unspecified atom stereocenters. The van der Waals surface area contributed by atoms with Crippen LogP contribution in [-0.4, -0.2) is 17.9 Å². The summed E-state index contributed by atoms with van der Waals surface area (Å²) < 4.78 is 5.14. The highest BCUT2D eigenvalue weighted by atomic mass is 32.1. The molecule has 0 atom stereocenters. The van der Waals surface area contributed by atoms with Gasteiger partial charge >= 0.3 is 0 Å². The maximum atomic E-state index is 5.23. The second kappa shape index (κ2) is 7.56. The van der Waals surface area contributed by atoms with Gasteiger partial charge in [-0.3, -0.25) is 5.43 Å². The molecule has 5 heteroatoms. The monoisotopic (exact) mass is 313 g/mol. The molecule has 0 bridgehead atoms. The Morgan fingerprint density at radius 1 is 1.05 bits per heavy atom. The fourth-order valence-corrected chi connectivity index (χ4v) is 1.99. The van der Waals surface area contributed by atoms with Gasteiger partial charge in [0.25, 0.3) is 0 Å². The third-order valence-corrected chi connectivity index (χ3v) is 3.34. The summed E-state index contributed by atoms with van der Waals surface area (Å²) in [5, 5.41) is 7.83. The van der Waals surface area contributed by atoms with Crippen molar-refractivity contribution < 1.29 is 4.74 Å². The predicted molar refractivity (Wildman–Crippen MR) is 95.7 cm³/mol. The van der Waals surface area contributed by atoms with Crippen LogP contribution in [0.3, 0.4) is 0 Å². The summed E-state index contributed by atoms with van der Waals surface area (Å²) in [6.45, 7) is 3.96. The highest BCUT2D eigenvalue weighted by molar-refractivity contribution is 7.80. The average molecular weight is 313 g/mol. The zero-order valence-corrected chi connectivity index (χ0v) is 13.7. The SMILES string of the molecule is COc1ccc(C(C)=NNC(=S)Nc2ccc(C)cc2)cc1. The Hall–Kier alpha value is -2.40. The van der Waals surface area contributed by atoms with Crippen molar-refractivity contribution in [1.29, 1.82) is 0 Å². The van der Waals surface area contributed by atoms with Gasteiger partial charge in [-0.05, 0) is 68.0 Å². The number of ether oxygens (including phenoxy) is 1. The van der Waals surface area contributed by atoms with Crippen LogP contribution >= 0.6 is 12.2 Å². The molecule has 114 valence electrons. The van der Waals surface area contributed by atoms with Crippen LogP contribution in [0.2, 0.25) is 0 Å². The number of methoxy groups -OCH3 is 1. The molecule has 0 fully saturated rings. The molecule has 0 saturated heterocycles. The first-order valence-corrected chi connectivity index (χ1v) is 7.31. The number of hydrogen-bond acceptors (Lipinski definition) is 3. The molecule has 22 heavy (non-hydrogen) atoms. The number of hydrogen-bond donors (Lipinski definition) is 2. The van der Waals surface area contributed by atoms with Gasteiger partial charge in [-0.2, -0.15) is 5.10 Å². The van der Waals surface area contributed by atoms with Crippen molar-refractivity contribution >= 4 is 28.7 Å². The van der Waals surface area contributed by atoms with Gasteiger partial charge in [0.1, 0.15) is 5.75 Å². The van der Waals surface area contributed by atoms with E-state index < -0.39 is 0 Å². The normalized spacial score (nSPS) is 11.0. The van der Waals surface area contributed by atoms with Gasteiger partial charge in [-0.15, -0.1) is 0 Å². The number of nitrogens with zero attached hydrogens (tertiary/aromatic N) is 1. The summed E-state index contributed by atoms with van der Waals surface area (Å²) in [7, 11) is 1.65. The van der Waals surface area contributed by atoms with Crippen molar-refractivity contribution in [2.45, 2.75) is 13.8 Å². The summed E-state index contributed by atoms with van der Waals surface area (Å²) in [5.74, 6) is 0.820. The van der Waals surface area contributed by atoms with Gasteiger partial charge in [0.05, 0.1) is 12.8 Å². The lowest BCUT2D eigenvalue weighted by Crippen LogP contribution is -2.24. The van der Waals surface area contributed by atoms with Crippen LogP contribution in [0.1, 0.15) is 18.1 Å². The third kappa shape index (κ3) is 4.56. The quantitative estimate of drug-likeness (QED) is 0.513. The summed E-state index contributed by atoms with van der Waals surface area (Å²) in [6, 6.07) is 15.7. The minimum Gasteiger partial charge on any atom is -0.497 e. The van der Waals surface area contributed by atoms with Crippen LogP contribution in [0.15, 0.2) is 53.6 Å². The minimum atomic E-state index is 0.455. The van der Waals surface area contributed by atoms with Crippen LogP contribution in [-0.2, 0) is 0 Å². The number of thiocarbonyl (C=S) groups is 1. The van der Waals surface area contributed by atoms with Crippen LogP contribution in [0.25, 0.3) is 0 Å². The largest absolute Gasteiger partial charge is 0.497 e. The van der Waals surface area contributed by atoms with E-state index in [0.29, 0.717) is 5.11 Å². The second-order valence-electron chi connectivity index (χ2n) is 4.86. The Kier molecular flexibility index (Phi) is 5.49. The molecule has 4 nitrogen and oxygen atoms in total. The lowest BCUT2D eigenvalue weighted by Gasteiger charge is -2.08. The molecule has 0 aliphatic rings. The number of rotatable bonds is 4. The van der Waals surface area contributed by atoms with Gasteiger partial charge in [0, 0.05) is 5.69 Å². The Bertz CT molecular complexity index is 663. The topological polar surface area (TPSA) is 45.6 Å². The summed E-state index contributed by atoms with van der Waals surface area (Å²) in [4.78, 5) is 0. The van der Waals surface area contributed by atoms with E-state index in [9.17, 15) is 0 Å². The Morgan fingerprint density at radius 3 is 2.27 bits per heavy atom. The van der Waals surface area contributed by atoms with Crippen molar-refractivity contribution in [2.75, 3.05) is 12.4 Å². The first-order chi connectivity index (χ1) is 10.6. The number of benzene rings is 2. The summed E-state index contributed by atoms with van der Waals surface area (Å²) >= 11 is 5.23. The molecule has 0 heterocycles. The third-order valence-electron chi connectivity index (χ3n) is 3.14. The van der Waals surface area contributed by atoms with Crippen molar-refractivity contribution in [3.63, 3.8) is 0 Å². The average Bonchev–Trinajstić information content (AvgIpc) is 2.55. The van der Waals surface area contributed by atoms with E-state index in [4.69, 9.17) is 17.0 Å². The van der Waals surface area contributed by atoms with Crippen LogP contribution < -0.4 is 15.5 Å².